The lowest BCUT2D eigenvalue weighted by molar-refractivity contribution is -0.155. The third-order valence-corrected chi connectivity index (χ3v) is 6.00. The molecule has 0 fully saturated rings. The second kappa shape index (κ2) is 10.5. The highest BCUT2D eigenvalue weighted by Gasteiger charge is 2.32. The standard InChI is InChI=1S/C22H25FN2O6S/c1-13(2)20(25-32(29,30)19-11-6-5-10-18(19)23)22(28)31-15(4)21(27)24-17-9-7-8-16(12-17)14(3)26/h5-13,15,20,25H,1-4H3,(H,24,27)/t15?,20-/m0/s1. The molecule has 0 aromatic heterocycles. The average molecular weight is 465 g/mol. The molecule has 0 aliphatic carbocycles. The van der Waals surface area contributed by atoms with Crippen LogP contribution in [0.3, 0.4) is 0 Å². The summed E-state index contributed by atoms with van der Waals surface area (Å²) in [6, 6.07) is 9.65. The van der Waals surface area contributed by atoms with Crippen LogP contribution in [-0.4, -0.2) is 38.2 Å². The first-order chi connectivity index (χ1) is 14.9. The Kier molecular flexibility index (Phi) is 8.23. The van der Waals surface area contributed by atoms with Crippen molar-refractivity contribution in [3.8, 4) is 0 Å². The van der Waals surface area contributed by atoms with Gasteiger partial charge in [-0.3, -0.25) is 14.4 Å². The first kappa shape index (κ1) is 25.2. The number of benzene rings is 2. The van der Waals surface area contributed by atoms with Gasteiger partial charge in [0.25, 0.3) is 5.91 Å². The van der Waals surface area contributed by atoms with Gasteiger partial charge in [0, 0.05) is 11.3 Å². The molecular weight excluding hydrogens is 439 g/mol. The maximum Gasteiger partial charge on any atom is 0.325 e. The molecule has 1 unspecified atom stereocenters. The zero-order chi connectivity index (χ0) is 24.1. The first-order valence-electron chi connectivity index (χ1n) is 9.81. The third-order valence-electron chi connectivity index (χ3n) is 4.53. The Labute approximate surface area is 186 Å². The van der Waals surface area contributed by atoms with Gasteiger partial charge >= 0.3 is 5.97 Å². The fourth-order valence-electron chi connectivity index (χ4n) is 2.71. The second-order valence-corrected chi connectivity index (χ2v) is 9.16. The minimum Gasteiger partial charge on any atom is -0.451 e. The zero-order valence-electron chi connectivity index (χ0n) is 18.1. The van der Waals surface area contributed by atoms with Crippen molar-refractivity contribution in [2.24, 2.45) is 5.92 Å². The maximum absolute atomic E-state index is 13.9. The number of hydrogen-bond acceptors (Lipinski definition) is 6. The molecule has 1 amide bonds. The molecule has 172 valence electrons. The van der Waals surface area contributed by atoms with E-state index in [9.17, 15) is 27.2 Å². The van der Waals surface area contributed by atoms with Gasteiger partial charge in [-0.05, 0) is 44.0 Å². The van der Waals surface area contributed by atoms with E-state index in [1.165, 1.54) is 32.0 Å². The van der Waals surface area contributed by atoms with Crippen LogP contribution < -0.4 is 10.0 Å². The van der Waals surface area contributed by atoms with Crippen LogP contribution in [0.2, 0.25) is 0 Å². The number of nitrogens with one attached hydrogen (secondary N) is 2. The highest BCUT2D eigenvalue weighted by atomic mass is 32.2. The van der Waals surface area contributed by atoms with Gasteiger partial charge in [-0.15, -0.1) is 0 Å². The van der Waals surface area contributed by atoms with E-state index in [4.69, 9.17) is 4.74 Å². The largest absolute Gasteiger partial charge is 0.451 e. The molecular formula is C22H25FN2O6S. The zero-order valence-corrected chi connectivity index (χ0v) is 18.9. The van der Waals surface area contributed by atoms with Crippen LogP contribution in [0, 0.1) is 11.7 Å². The topological polar surface area (TPSA) is 119 Å². The van der Waals surface area contributed by atoms with E-state index in [1.807, 2.05) is 0 Å². The Morgan fingerprint density at radius 2 is 1.66 bits per heavy atom. The number of carbonyl (C=O) groups excluding carboxylic acids is 3. The van der Waals surface area contributed by atoms with Gasteiger partial charge in [0.15, 0.2) is 11.9 Å². The molecule has 32 heavy (non-hydrogen) atoms. The van der Waals surface area contributed by atoms with E-state index in [1.54, 1.807) is 32.0 Å². The fraction of sp³-hybridized carbons (Fsp3) is 0.318. The molecule has 0 aliphatic heterocycles. The van der Waals surface area contributed by atoms with Crippen LogP contribution >= 0.6 is 0 Å². The summed E-state index contributed by atoms with van der Waals surface area (Å²) < 4.78 is 46.3. The number of rotatable bonds is 9. The quantitative estimate of drug-likeness (QED) is 0.435. The van der Waals surface area contributed by atoms with Crippen molar-refractivity contribution in [1.29, 1.82) is 0 Å². The number of ketones is 1. The summed E-state index contributed by atoms with van der Waals surface area (Å²) in [4.78, 5) is 35.9. The van der Waals surface area contributed by atoms with E-state index in [0.717, 1.165) is 12.1 Å². The lowest BCUT2D eigenvalue weighted by Crippen LogP contribution is -2.47. The molecule has 10 heteroatoms. The number of hydrogen-bond donors (Lipinski definition) is 2. The number of esters is 1. The monoisotopic (exact) mass is 464 g/mol. The average Bonchev–Trinajstić information content (AvgIpc) is 2.72. The number of ether oxygens (including phenoxy) is 1. The molecule has 0 spiro atoms. The lowest BCUT2D eigenvalue weighted by atomic mass is 10.1. The number of amides is 1. The predicted molar refractivity (Wildman–Crippen MR) is 116 cm³/mol. The smallest absolute Gasteiger partial charge is 0.325 e. The van der Waals surface area contributed by atoms with E-state index in [0.29, 0.717) is 11.3 Å². The Morgan fingerprint density at radius 3 is 2.25 bits per heavy atom. The van der Waals surface area contributed by atoms with Gasteiger partial charge in [-0.2, -0.15) is 4.72 Å². The van der Waals surface area contributed by atoms with Crippen molar-refractivity contribution in [2.45, 2.75) is 44.7 Å². The summed E-state index contributed by atoms with van der Waals surface area (Å²) in [7, 11) is -4.36. The molecule has 0 aliphatic rings. The first-order valence-corrected chi connectivity index (χ1v) is 11.3. The molecule has 0 bridgehead atoms. The molecule has 0 saturated carbocycles. The van der Waals surface area contributed by atoms with Crippen molar-refractivity contribution >= 4 is 33.4 Å². The lowest BCUT2D eigenvalue weighted by Gasteiger charge is -2.23. The Bertz CT molecular complexity index is 1120. The van der Waals surface area contributed by atoms with Gasteiger partial charge < -0.3 is 10.1 Å². The summed E-state index contributed by atoms with van der Waals surface area (Å²) in [5.41, 5.74) is 0.737. The molecule has 2 aromatic carbocycles. The number of carbonyl (C=O) groups is 3. The molecule has 2 atom stereocenters. The van der Waals surface area contributed by atoms with Crippen LogP contribution in [0.5, 0.6) is 0 Å². The van der Waals surface area contributed by atoms with E-state index >= 15 is 0 Å². The van der Waals surface area contributed by atoms with Crippen molar-refractivity contribution in [1.82, 2.24) is 4.72 Å². The van der Waals surface area contributed by atoms with E-state index in [-0.39, 0.29) is 5.78 Å². The summed E-state index contributed by atoms with van der Waals surface area (Å²) in [6.45, 7) is 5.87. The molecule has 2 aromatic rings. The molecule has 0 radical (unpaired) electrons. The Balaban J connectivity index is 2.10. The molecule has 0 heterocycles. The fourth-order valence-corrected chi connectivity index (χ4v) is 4.12. The Morgan fingerprint density at radius 1 is 1.00 bits per heavy atom. The van der Waals surface area contributed by atoms with Crippen LogP contribution in [-0.2, 0) is 24.3 Å². The number of anilines is 1. The third kappa shape index (κ3) is 6.44. The summed E-state index contributed by atoms with van der Waals surface area (Å²) in [5, 5.41) is 2.54. The summed E-state index contributed by atoms with van der Waals surface area (Å²) in [6.07, 6.45) is -1.26. The minimum absolute atomic E-state index is 0.178. The highest BCUT2D eigenvalue weighted by molar-refractivity contribution is 7.89. The van der Waals surface area contributed by atoms with Crippen LogP contribution in [0.25, 0.3) is 0 Å². The van der Waals surface area contributed by atoms with Crippen LogP contribution in [0.1, 0.15) is 38.1 Å². The minimum atomic E-state index is -4.36. The summed E-state index contributed by atoms with van der Waals surface area (Å²) in [5.74, 6) is -3.34. The SMILES string of the molecule is CC(=O)c1cccc(NC(=O)C(C)OC(=O)[C@@H](NS(=O)(=O)c2ccccc2F)C(C)C)c1. The number of sulfonamides is 1. The maximum atomic E-state index is 13.9. The summed E-state index contributed by atoms with van der Waals surface area (Å²) >= 11 is 0. The van der Waals surface area contributed by atoms with E-state index < -0.39 is 50.7 Å². The normalized spacial score (nSPS) is 13.3. The van der Waals surface area contributed by atoms with E-state index in [2.05, 4.69) is 10.0 Å². The van der Waals surface area contributed by atoms with Gasteiger partial charge in [0.1, 0.15) is 16.8 Å². The van der Waals surface area contributed by atoms with Gasteiger partial charge in [0.2, 0.25) is 10.0 Å². The van der Waals surface area contributed by atoms with Crippen molar-refractivity contribution in [3.63, 3.8) is 0 Å². The second-order valence-electron chi connectivity index (χ2n) is 7.48. The van der Waals surface area contributed by atoms with Crippen molar-refractivity contribution in [2.75, 3.05) is 5.32 Å². The predicted octanol–water partition coefficient (Wildman–Crippen LogP) is 2.90. The molecule has 2 N–H and O–H groups in total. The van der Waals surface area contributed by atoms with Crippen molar-refractivity contribution in [3.05, 3.63) is 59.9 Å². The van der Waals surface area contributed by atoms with Crippen molar-refractivity contribution < 1.29 is 31.9 Å². The number of Topliss-reactive ketones (excluding diaryl/α,β-unsaturated/α-hetero) is 1. The molecule has 0 saturated heterocycles. The highest BCUT2D eigenvalue weighted by Crippen LogP contribution is 2.17. The number of halogens is 1. The van der Waals surface area contributed by atoms with Gasteiger partial charge in [-0.25, -0.2) is 12.8 Å². The Hall–Kier alpha value is -3.11. The van der Waals surface area contributed by atoms with Crippen LogP contribution in [0.15, 0.2) is 53.4 Å². The molecule has 8 nitrogen and oxygen atoms in total. The van der Waals surface area contributed by atoms with Crippen LogP contribution in [0.4, 0.5) is 10.1 Å². The molecule has 2 rings (SSSR count). The van der Waals surface area contributed by atoms with Gasteiger partial charge in [0.05, 0.1) is 0 Å². The van der Waals surface area contributed by atoms with Gasteiger partial charge in [-0.1, -0.05) is 38.1 Å².